The summed E-state index contributed by atoms with van der Waals surface area (Å²) in [6, 6.07) is 0. The molecule has 0 saturated heterocycles. The molecule has 0 bridgehead atoms. The Labute approximate surface area is 131 Å². The number of aryl methyl sites for hydroxylation is 2. The van der Waals surface area contributed by atoms with Gasteiger partial charge in [-0.05, 0) is 32.6 Å². The Kier molecular flexibility index (Phi) is 6.49. The Bertz CT molecular complexity index is 409. The fourth-order valence-corrected chi connectivity index (χ4v) is 3.47. The molecule has 0 amide bonds. The highest BCUT2D eigenvalue weighted by Gasteiger charge is 2.32. The number of halogens is 3. The SMILES string of the molecule is CCn1nc(C)c(Cl)c1CC(CCl)(CCl)CC(C)C. The van der Waals surface area contributed by atoms with Crippen molar-refractivity contribution in [3.63, 3.8) is 0 Å². The third-order valence-electron chi connectivity index (χ3n) is 3.40. The van der Waals surface area contributed by atoms with E-state index in [9.17, 15) is 0 Å². The van der Waals surface area contributed by atoms with E-state index in [1.54, 1.807) is 0 Å². The molecule has 0 aromatic carbocycles. The molecule has 1 aromatic heterocycles. The van der Waals surface area contributed by atoms with E-state index in [4.69, 9.17) is 34.8 Å². The van der Waals surface area contributed by atoms with E-state index < -0.39 is 0 Å². The molecule has 0 aliphatic rings. The Hall–Kier alpha value is 0.0800. The van der Waals surface area contributed by atoms with Crippen molar-refractivity contribution in [2.24, 2.45) is 11.3 Å². The lowest BCUT2D eigenvalue weighted by Gasteiger charge is -2.31. The predicted octanol–water partition coefficient (Wildman–Crippen LogP) is 4.92. The minimum absolute atomic E-state index is 0.111. The van der Waals surface area contributed by atoms with Crippen molar-refractivity contribution in [3.05, 3.63) is 16.4 Å². The quantitative estimate of drug-likeness (QED) is 0.651. The lowest BCUT2D eigenvalue weighted by molar-refractivity contribution is 0.288. The third kappa shape index (κ3) is 4.03. The maximum absolute atomic E-state index is 6.38. The molecule has 0 radical (unpaired) electrons. The van der Waals surface area contributed by atoms with Crippen LogP contribution in [0.2, 0.25) is 5.02 Å². The van der Waals surface area contributed by atoms with Crippen molar-refractivity contribution in [1.82, 2.24) is 9.78 Å². The van der Waals surface area contributed by atoms with Crippen molar-refractivity contribution < 1.29 is 0 Å². The van der Waals surface area contributed by atoms with Crippen LogP contribution in [0.1, 0.15) is 38.6 Å². The van der Waals surface area contributed by atoms with Crippen LogP contribution >= 0.6 is 34.8 Å². The molecule has 19 heavy (non-hydrogen) atoms. The number of hydrogen-bond acceptors (Lipinski definition) is 1. The van der Waals surface area contributed by atoms with Crippen molar-refractivity contribution >= 4 is 34.8 Å². The van der Waals surface area contributed by atoms with Crippen LogP contribution in [0.4, 0.5) is 0 Å². The number of hydrogen-bond donors (Lipinski definition) is 0. The summed E-state index contributed by atoms with van der Waals surface area (Å²) in [6.07, 6.45) is 1.77. The van der Waals surface area contributed by atoms with Gasteiger partial charge in [-0.25, -0.2) is 0 Å². The highest BCUT2D eigenvalue weighted by molar-refractivity contribution is 6.31. The standard InChI is InChI=1S/C14H23Cl3N2/c1-5-19-12(13(17)11(4)18-19)7-14(8-15,9-16)6-10(2)3/h10H,5-9H2,1-4H3. The van der Waals surface area contributed by atoms with Crippen molar-refractivity contribution in [3.8, 4) is 0 Å². The van der Waals surface area contributed by atoms with Crippen LogP contribution in [0.15, 0.2) is 0 Å². The smallest absolute Gasteiger partial charge is 0.0847 e. The lowest BCUT2D eigenvalue weighted by Crippen LogP contribution is -2.31. The van der Waals surface area contributed by atoms with E-state index in [1.165, 1.54) is 0 Å². The average Bonchev–Trinajstić information content (AvgIpc) is 2.64. The summed E-state index contributed by atoms with van der Waals surface area (Å²) in [5.74, 6) is 1.63. The molecule has 0 saturated carbocycles. The molecule has 0 aliphatic heterocycles. The van der Waals surface area contributed by atoms with Gasteiger partial charge in [0.25, 0.3) is 0 Å². The molecule has 0 N–H and O–H groups in total. The second-order valence-electron chi connectivity index (χ2n) is 5.70. The molecule has 1 heterocycles. The summed E-state index contributed by atoms with van der Waals surface area (Å²) in [5, 5.41) is 5.21. The van der Waals surface area contributed by atoms with E-state index in [0.29, 0.717) is 17.7 Å². The van der Waals surface area contributed by atoms with Crippen LogP contribution in [0.25, 0.3) is 0 Å². The predicted molar refractivity (Wildman–Crippen MR) is 84.7 cm³/mol. The zero-order valence-electron chi connectivity index (χ0n) is 12.1. The average molecular weight is 326 g/mol. The van der Waals surface area contributed by atoms with Crippen LogP contribution < -0.4 is 0 Å². The van der Waals surface area contributed by atoms with Gasteiger partial charge in [0.05, 0.1) is 16.4 Å². The summed E-state index contributed by atoms with van der Waals surface area (Å²) in [7, 11) is 0. The van der Waals surface area contributed by atoms with Crippen LogP contribution in [-0.4, -0.2) is 21.5 Å². The van der Waals surface area contributed by atoms with E-state index in [1.807, 2.05) is 11.6 Å². The Morgan fingerprint density at radius 2 is 1.84 bits per heavy atom. The van der Waals surface area contributed by atoms with Gasteiger partial charge in [-0.2, -0.15) is 5.10 Å². The van der Waals surface area contributed by atoms with Gasteiger partial charge in [0, 0.05) is 23.7 Å². The first-order valence-electron chi connectivity index (χ1n) is 6.72. The van der Waals surface area contributed by atoms with Crippen LogP contribution in [0.5, 0.6) is 0 Å². The van der Waals surface area contributed by atoms with Gasteiger partial charge in [-0.3, -0.25) is 4.68 Å². The van der Waals surface area contributed by atoms with Gasteiger partial charge in [0.15, 0.2) is 0 Å². The monoisotopic (exact) mass is 324 g/mol. The number of alkyl halides is 2. The fraction of sp³-hybridized carbons (Fsp3) is 0.786. The number of nitrogens with zero attached hydrogens (tertiary/aromatic N) is 2. The number of rotatable bonds is 7. The largest absolute Gasteiger partial charge is 0.268 e. The Morgan fingerprint density at radius 3 is 2.26 bits per heavy atom. The van der Waals surface area contributed by atoms with Gasteiger partial charge < -0.3 is 0 Å². The van der Waals surface area contributed by atoms with Crippen LogP contribution in [0, 0.1) is 18.3 Å². The second-order valence-corrected chi connectivity index (χ2v) is 6.62. The van der Waals surface area contributed by atoms with Crippen molar-refractivity contribution in [2.45, 2.75) is 47.1 Å². The van der Waals surface area contributed by atoms with Crippen molar-refractivity contribution in [1.29, 1.82) is 0 Å². The van der Waals surface area contributed by atoms with Crippen LogP contribution in [-0.2, 0) is 13.0 Å². The molecule has 0 aliphatic carbocycles. The molecule has 2 nitrogen and oxygen atoms in total. The molecule has 0 unspecified atom stereocenters. The summed E-state index contributed by atoms with van der Waals surface area (Å²) in [6.45, 7) is 9.20. The molecule has 0 spiro atoms. The maximum atomic E-state index is 6.38. The van der Waals surface area contributed by atoms with Gasteiger partial charge in [0.1, 0.15) is 0 Å². The minimum Gasteiger partial charge on any atom is -0.268 e. The first-order chi connectivity index (χ1) is 8.89. The van der Waals surface area contributed by atoms with E-state index in [-0.39, 0.29) is 5.41 Å². The fourth-order valence-electron chi connectivity index (χ4n) is 2.57. The molecule has 5 heteroatoms. The Morgan fingerprint density at radius 1 is 1.26 bits per heavy atom. The first-order valence-corrected chi connectivity index (χ1v) is 8.17. The topological polar surface area (TPSA) is 17.8 Å². The molecule has 0 atom stereocenters. The molecular formula is C14H23Cl3N2. The van der Waals surface area contributed by atoms with Gasteiger partial charge in [-0.15, -0.1) is 23.2 Å². The summed E-state index contributed by atoms with van der Waals surface area (Å²) >= 11 is 18.8. The molecule has 0 fully saturated rings. The second kappa shape index (κ2) is 7.19. The van der Waals surface area contributed by atoms with Gasteiger partial charge in [0.2, 0.25) is 0 Å². The van der Waals surface area contributed by atoms with Gasteiger partial charge >= 0.3 is 0 Å². The summed E-state index contributed by atoms with van der Waals surface area (Å²) in [4.78, 5) is 0. The van der Waals surface area contributed by atoms with E-state index >= 15 is 0 Å². The highest BCUT2D eigenvalue weighted by Crippen LogP contribution is 2.36. The highest BCUT2D eigenvalue weighted by atomic mass is 35.5. The molecule has 1 rings (SSSR count). The van der Waals surface area contributed by atoms with Crippen molar-refractivity contribution in [2.75, 3.05) is 11.8 Å². The third-order valence-corrected chi connectivity index (χ3v) is 5.03. The normalized spacial score (nSPS) is 12.4. The number of aromatic nitrogens is 2. The zero-order valence-corrected chi connectivity index (χ0v) is 14.4. The molecular weight excluding hydrogens is 303 g/mol. The van der Waals surface area contributed by atoms with Crippen LogP contribution in [0.3, 0.4) is 0 Å². The summed E-state index contributed by atoms with van der Waals surface area (Å²) in [5.41, 5.74) is 1.82. The Balaban J connectivity index is 3.09. The lowest BCUT2D eigenvalue weighted by atomic mass is 9.79. The molecule has 110 valence electrons. The maximum Gasteiger partial charge on any atom is 0.0847 e. The minimum atomic E-state index is -0.111. The van der Waals surface area contributed by atoms with E-state index in [2.05, 4.69) is 25.9 Å². The molecule has 1 aromatic rings. The first kappa shape index (κ1) is 17.1. The zero-order chi connectivity index (χ0) is 14.6. The van der Waals surface area contributed by atoms with E-state index in [0.717, 1.165) is 35.8 Å². The summed E-state index contributed by atoms with van der Waals surface area (Å²) < 4.78 is 1.96. The van der Waals surface area contributed by atoms with Gasteiger partial charge in [-0.1, -0.05) is 25.4 Å².